The lowest BCUT2D eigenvalue weighted by molar-refractivity contribution is -0.128. The molecule has 1 unspecified atom stereocenters. The first-order valence-electron chi connectivity index (χ1n) is 8.02. The van der Waals surface area contributed by atoms with Gasteiger partial charge in [0.05, 0.1) is 19.0 Å². The molecule has 2 heterocycles. The standard InChI is InChI=1S/C17H24N2O2S.ClH/c1-14-3-5-15(6-4-14)17-19(16(20)13-22-17)8-2-7-18-9-11-21-12-10-18;/h3-6,17H,2,7-13H2,1H3;1H. The summed E-state index contributed by atoms with van der Waals surface area (Å²) in [6.45, 7) is 7.71. The molecule has 128 valence electrons. The van der Waals surface area contributed by atoms with Gasteiger partial charge < -0.3 is 9.64 Å². The van der Waals surface area contributed by atoms with E-state index >= 15 is 0 Å². The van der Waals surface area contributed by atoms with Gasteiger partial charge in [-0.3, -0.25) is 9.69 Å². The average molecular weight is 357 g/mol. The Kier molecular flexibility index (Phi) is 7.21. The second kappa shape index (κ2) is 8.92. The van der Waals surface area contributed by atoms with E-state index in [1.165, 1.54) is 11.1 Å². The van der Waals surface area contributed by atoms with E-state index in [4.69, 9.17) is 4.74 Å². The summed E-state index contributed by atoms with van der Waals surface area (Å²) in [5.41, 5.74) is 2.50. The number of morpholine rings is 1. The highest BCUT2D eigenvalue weighted by atomic mass is 35.5. The molecule has 6 heteroatoms. The van der Waals surface area contributed by atoms with E-state index in [9.17, 15) is 4.79 Å². The third kappa shape index (κ3) is 4.86. The van der Waals surface area contributed by atoms with Gasteiger partial charge in [-0.05, 0) is 18.9 Å². The minimum absolute atomic E-state index is 0. The molecule has 0 N–H and O–H groups in total. The Labute approximate surface area is 149 Å². The van der Waals surface area contributed by atoms with Crippen molar-refractivity contribution in [2.45, 2.75) is 18.7 Å². The van der Waals surface area contributed by atoms with E-state index in [-0.39, 0.29) is 23.7 Å². The maximum absolute atomic E-state index is 12.2. The molecule has 0 saturated carbocycles. The van der Waals surface area contributed by atoms with Crippen LogP contribution in [-0.2, 0) is 9.53 Å². The fourth-order valence-corrected chi connectivity index (χ4v) is 4.21. The third-order valence-electron chi connectivity index (χ3n) is 4.31. The van der Waals surface area contributed by atoms with E-state index in [1.54, 1.807) is 11.8 Å². The Balaban J connectivity index is 0.00000192. The van der Waals surface area contributed by atoms with Gasteiger partial charge in [-0.25, -0.2) is 0 Å². The lowest BCUT2D eigenvalue weighted by atomic mass is 10.1. The van der Waals surface area contributed by atoms with Crippen molar-refractivity contribution in [3.05, 3.63) is 35.4 Å². The molecule has 4 nitrogen and oxygen atoms in total. The second-order valence-corrected chi connectivity index (χ2v) is 7.04. The van der Waals surface area contributed by atoms with E-state index in [0.29, 0.717) is 5.75 Å². The first kappa shape index (κ1) is 18.6. The monoisotopic (exact) mass is 356 g/mol. The van der Waals surface area contributed by atoms with Gasteiger partial charge in [0, 0.05) is 26.2 Å². The number of hydrogen-bond donors (Lipinski definition) is 0. The number of hydrogen-bond acceptors (Lipinski definition) is 4. The zero-order valence-electron chi connectivity index (χ0n) is 13.6. The van der Waals surface area contributed by atoms with E-state index in [0.717, 1.165) is 45.8 Å². The summed E-state index contributed by atoms with van der Waals surface area (Å²) in [6, 6.07) is 8.57. The van der Waals surface area contributed by atoms with Gasteiger partial charge in [0.2, 0.25) is 5.91 Å². The molecule has 0 radical (unpaired) electrons. The smallest absolute Gasteiger partial charge is 0.233 e. The lowest BCUT2D eigenvalue weighted by Gasteiger charge is -2.29. The Morgan fingerprint density at radius 1 is 1.17 bits per heavy atom. The van der Waals surface area contributed by atoms with Crippen molar-refractivity contribution in [3.8, 4) is 0 Å². The van der Waals surface area contributed by atoms with Crippen LogP contribution in [0.1, 0.15) is 22.9 Å². The summed E-state index contributed by atoms with van der Waals surface area (Å²) in [7, 11) is 0. The number of carbonyl (C=O) groups is 1. The van der Waals surface area contributed by atoms with Crippen LogP contribution in [0, 0.1) is 6.92 Å². The summed E-state index contributed by atoms with van der Waals surface area (Å²) in [5, 5.41) is 0.192. The molecule has 0 aromatic heterocycles. The van der Waals surface area contributed by atoms with Crippen LogP contribution in [0.2, 0.25) is 0 Å². The van der Waals surface area contributed by atoms with Crippen LogP contribution >= 0.6 is 24.2 Å². The Morgan fingerprint density at radius 2 is 1.87 bits per heavy atom. The van der Waals surface area contributed by atoms with E-state index in [2.05, 4.69) is 41.0 Å². The number of thioether (sulfide) groups is 1. The second-order valence-electron chi connectivity index (χ2n) is 5.97. The minimum atomic E-state index is 0. The molecule has 23 heavy (non-hydrogen) atoms. The normalized spacial score (nSPS) is 22.2. The predicted octanol–water partition coefficient (Wildman–Crippen LogP) is 2.71. The molecule has 1 atom stereocenters. The Morgan fingerprint density at radius 3 is 2.57 bits per heavy atom. The minimum Gasteiger partial charge on any atom is -0.379 e. The van der Waals surface area contributed by atoms with Gasteiger partial charge in [-0.2, -0.15) is 0 Å². The molecule has 2 aliphatic rings. The zero-order chi connectivity index (χ0) is 15.4. The first-order valence-corrected chi connectivity index (χ1v) is 9.06. The molecule has 2 aliphatic heterocycles. The first-order chi connectivity index (χ1) is 10.7. The van der Waals surface area contributed by atoms with Crippen molar-refractivity contribution < 1.29 is 9.53 Å². The molecule has 0 bridgehead atoms. The van der Waals surface area contributed by atoms with Gasteiger partial charge in [0.25, 0.3) is 0 Å². The van der Waals surface area contributed by atoms with Crippen molar-refractivity contribution >= 4 is 30.1 Å². The lowest BCUT2D eigenvalue weighted by Crippen LogP contribution is -2.38. The number of benzene rings is 1. The summed E-state index contributed by atoms with van der Waals surface area (Å²) in [5.74, 6) is 0.883. The molecule has 0 spiro atoms. The fourth-order valence-electron chi connectivity index (χ4n) is 2.99. The summed E-state index contributed by atoms with van der Waals surface area (Å²) in [6.07, 6.45) is 1.04. The van der Waals surface area contributed by atoms with Crippen LogP contribution in [0.3, 0.4) is 0 Å². The van der Waals surface area contributed by atoms with Crippen LogP contribution in [-0.4, -0.2) is 60.9 Å². The van der Waals surface area contributed by atoms with E-state index < -0.39 is 0 Å². The number of rotatable bonds is 5. The summed E-state index contributed by atoms with van der Waals surface area (Å²) >= 11 is 1.75. The van der Waals surface area contributed by atoms with Gasteiger partial charge in [-0.15, -0.1) is 24.2 Å². The largest absolute Gasteiger partial charge is 0.379 e. The molecular weight excluding hydrogens is 332 g/mol. The fraction of sp³-hybridized carbons (Fsp3) is 0.588. The highest BCUT2D eigenvalue weighted by molar-refractivity contribution is 8.00. The van der Waals surface area contributed by atoms with Gasteiger partial charge >= 0.3 is 0 Å². The molecule has 3 rings (SSSR count). The number of ether oxygens (including phenoxy) is 1. The number of aryl methyl sites for hydroxylation is 1. The highest BCUT2D eigenvalue weighted by Crippen LogP contribution is 2.38. The molecular formula is C17H25ClN2O2S. The predicted molar refractivity (Wildman–Crippen MR) is 97.2 cm³/mol. The molecule has 1 amide bonds. The highest BCUT2D eigenvalue weighted by Gasteiger charge is 2.32. The van der Waals surface area contributed by atoms with Crippen LogP contribution < -0.4 is 0 Å². The molecule has 0 aliphatic carbocycles. The van der Waals surface area contributed by atoms with Crippen molar-refractivity contribution in [2.75, 3.05) is 45.1 Å². The van der Waals surface area contributed by atoms with Crippen molar-refractivity contribution in [3.63, 3.8) is 0 Å². The maximum atomic E-state index is 12.2. The average Bonchev–Trinajstić information content (AvgIpc) is 2.90. The van der Waals surface area contributed by atoms with E-state index in [1.807, 2.05) is 0 Å². The Bertz CT molecular complexity index is 506. The third-order valence-corrected chi connectivity index (χ3v) is 5.56. The number of amides is 1. The summed E-state index contributed by atoms with van der Waals surface area (Å²) < 4.78 is 5.37. The summed E-state index contributed by atoms with van der Waals surface area (Å²) in [4.78, 5) is 16.7. The van der Waals surface area contributed by atoms with Crippen molar-refractivity contribution in [1.29, 1.82) is 0 Å². The quantitative estimate of drug-likeness (QED) is 0.812. The molecule has 2 saturated heterocycles. The van der Waals surface area contributed by atoms with Crippen molar-refractivity contribution in [1.82, 2.24) is 9.80 Å². The molecule has 1 aromatic carbocycles. The number of carbonyl (C=O) groups excluding carboxylic acids is 1. The van der Waals surface area contributed by atoms with Gasteiger partial charge in [-0.1, -0.05) is 29.8 Å². The number of nitrogens with zero attached hydrogens (tertiary/aromatic N) is 2. The molecule has 1 aromatic rings. The Hall–Kier alpha value is -0.750. The van der Waals surface area contributed by atoms with Gasteiger partial charge in [0.1, 0.15) is 5.37 Å². The van der Waals surface area contributed by atoms with Crippen molar-refractivity contribution in [2.24, 2.45) is 0 Å². The molecule has 2 fully saturated rings. The van der Waals surface area contributed by atoms with Crippen LogP contribution in [0.25, 0.3) is 0 Å². The van der Waals surface area contributed by atoms with Crippen LogP contribution in [0.15, 0.2) is 24.3 Å². The van der Waals surface area contributed by atoms with Crippen LogP contribution in [0.4, 0.5) is 0 Å². The topological polar surface area (TPSA) is 32.8 Å². The van der Waals surface area contributed by atoms with Gasteiger partial charge in [0.15, 0.2) is 0 Å². The SMILES string of the molecule is Cc1ccc(C2SCC(=O)N2CCCN2CCOCC2)cc1.Cl. The maximum Gasteiger partial charge on any atom is 0.233 e. The zero-order valence-corrected chi connectivity index (χ0v) is 15.2. The van der Waals surface area contributed by atoms with Crippen LogP contribution in [0.5, 0.6) is 0 Å². The number of halogens is 1.